The minimum Gasteiger partial charge on any atom is -0.392 e. The standard InChI is InChI=1S/C29H32F3N5O5S/c1-17-23(15-43-28-35-33-16-36(28)2)41-26(42-24(17)19-7-5-18(14-38)6-8-19)20-9-11-21(12-10-20)34-25(39)22-4-3-13-37(22)27(40)29(30,31)32/h5-12,16-17,22-24,26,38H,3-4,13-15H2,1-2H3,(H,34,39)/t17-,22+,23+,24+,26+/m1/s1. The first-order valence-corrected chi connectivity index (χ1v) is 14.8. The molecule has 2 N–H and O–H groups in total. The van der Waals surface area contributed by atoms with E-state index in [9.17, 15) is 27.9 Å². The maximum atomic E-state index is 13.0. The monoisotopic (exact) mass is 619 g/mol. The number of carbonyl (C=O) groups is 2. The van der Waals surface area contributed by atoms with Gasteiger partial charge in [-0.2, -0.15) is 13.2 Å². The number of nitrogens with zero attached hydrogens (tertiary/aromatic N) is 4. The average molecular weight is 620 g/mol. The van der Waals surface area contributed by atoms with Gasteiger partial charge in [0.25, 0.3) is 0 Å². The average Bonchev–Trinajstić information content (AvgIpc) is 3.65. The minimum atomic E-state index is -5.04. The van der Waals surface area contributed by atoms with Crippen LogP contribution in [0, 0.1) is 5.92 Å². The summed E-state index contributed by atoms with van der Waals surface area (Å²) in [5.41, 5.74) is 2.78. The summed E-state index contributed by atoms with van der Waals surface area (Å²) in [6.07, 6.45) is -4.24. The van der Waals surface area contributed by atoms with Gasteiger partial charge in [-0.1, -0.05) is 55.1 Å². The van der Waals surface area contributed by atoms with Crippen LogP contribution in [0.4, 0.5) is 18.9 Å². The van der Waals surface area contributed by atoms with Crippen molar-refractivity contribution in [1.82, 2.24) is 19.7 Å². The van der Waals surface area contributed by atoms with Gasteiger partial charge in [0.05, 0.1) is 18.8 Å². The van der Waals surface area contributed by atoms with E-state index >= 15 is 0 Å². The lowest BCUT2D eigenvalue weighted by Crippen LogP contribution is -2.48. The normalized spacial score (nSPS) is 24.2. The highest BCUT2D eigenvalue weighted by Crippen LogP contribution is 2.43. The largest absolute Gasteiger partial charge is 0.471 e. The summed E-state index contributed by atoms with van der Waals surface area (Å²) in [6, 6.07) is 13.1. The molecule has 2 amide bonds. The Hall–Kier alpha value is -3.46. The fourth-order valence-corrected chi connectivity index (χ4v) is 6.32. The number of nitrogens with one attached hydrogen (secondary N) is 1. The molecule has 2 aliphatic rings. The fraction of sp³-hybridized carbons (Fsp3) is 0.448. The van der Waals surface area contributed by atoms with Crippen LogP contribution >= 0.6 is 11.8 Å². The zero-order valence-corrected chi connectivity index (χ0v) is 24.3. The molecule has 0 aliphatic carbocycles. The first kappa shape index (κ1) is 31.0. The molecule has 3 aromatic rings. The van der Waals surface area contributed by atoms with Gasteiger partial charge in [-0.3, -0.25) is 9.59 Å². The van der Waals surface area contributed by atoms with E-state index in [4.69, 9.17) is 9.47 Å². The van der Waals surface area contributed by atoms with Crippen LogP contribution in [-0.2, 0) is 32.7 Å². The third-order valence-electron chi connectivity index (χ3n) is 7.68. The van der Waals surface area contributed by atoms with Gasteiger partial charge < -0.3 is 29.4 Å². The Bertz CT molecular complexity index is 1420. The topological polar surface area (TPSA) is 119 Å². The number of halogens is 3. The number of hydrogen-bond acceptors (Lipinski definition) is 8. The predicted molar refractivity (Wildman–Crippen MR) is 151 cm³/mol. The van der Waals surface area contributed by atoms with Crippen LogP contribution in [0.3, 0.4) is 0 Å². The molecule has 0 bridgehead atoms. The Labute approximate surface area is 250 Å². The molecule has 2 saturated heterocycles. The summed E-state index contributed by atoms with van der Waals surface area (Å²) in [5, 5.41) is 20.9. The van der Waals surface area contributed by atoms with E-state index < -0.39 is 30.3 Å². The lowest BCUT2D eigenvalue weighted by Gasteiger charge is -2.41. The molecule has 230 valence electrons. The maximum Gasteiger partial charge on any atom is 0.471 e. The molecule has 3 heterocycles. The van der Waals surface area contributed by atoms with Crippen molar-refractivity contribution in [2.45, 2.75) is 62.2 Å². The summed E-state index contributed by atoms with van der Waals surface area (Å²) in [5.74, 6) is -2.13. The van der Waals surface area contributed by atoms with E-state index in [1.165, 1.54) is 11.8 Å². The van der Waals surface area contributed by atoms with Gasteiger partial charge in [-0.05, 0) is 36.1 Å². The molecule has 0 radical (unpaired) electrons. The van der Waals surface area contributed by atoms with E-state index in [2.05, 4.69) is 22.4 Å². The highest BCUT2D eigenvalue weighted by Gasteiger charge is 2.47. The number of rotatable bonds is 8. The van der Waals surface area contributed by atoms with Gasteiger partial charge in [-0.25, -0.2) is 0 Å². The number of carbonyl (C=O) groups excluding carboxylic acids is 2. The van der Waals surface area contributed by atoms with Crippen LogP contribution in [0.25, 0.3) is 0 Å². The molecule has 2 aromatic carbocycles. The van der Waals surface area contributed by atoms with Crippen molar-refractivity contribution in [3.63, 3.8) is 0 Å². The second-order valence-electron chi connectivity index (χ2n) is 10.6. The Balaban J connectivity index is 1.31. The number of thioether (sulfide) groups is 1. The lowest BCUT2D eigenvalue weighted by atomic mass is 9.91. The van der Waals surface area contributed by atoms with Crippen LogP contribution in [0.15, 0.2) is 60.0 Å². The molecule has 0 saturated carbocycles. The second-order valence-corrected chi connectivity index (χ2v) is 11.6. The molecule has 0 spiro atoms. The summed E-state index contributed by atoms with van der Waals surface area (Å²) >= 11 is 1.52. The number of aliphatic hydroxyl groups is 1. The number of ether oxygens (including phenoxy) is 2. The van der Waals surface area contributed by atoms with Crippen LogP contribution in [0.1, 0.15) is 48.8 Å². The van der Waals surface area contributed by atoms with Crippen LogP contribution in [0.2, 0.25) is 0 Å². The van der Waals surface area contributed by atoms with Gasteiger partial charge in [-0.15, -0.1) is 10.2 Å². The molecule has 10 nitrogen and oxygen atoms in total. The van der Waals surface area contributed by atoms with Crippen molar-refractivity contribution in [3.8, 4) is 0 Å². The molecule has 2 aliphatic heterocycles. The van der Waals surface area contributed by atoms with E-state index in [1.807, 2.05) is 35.9 Å². The van der Waals surface area contributed by atoms with E-state index in [-0.39, 0.29) is 37.7 Å². The Morgan fingerprint density at radius 2 is 1.79 bits per heavy atom. The Kier molecular flexibility index (Phi) is 9.39. The van der Waals surface area contributed by atoms with Crippen LogP contribution in [-0.4, -0.2) is 67.2 Å². The molecule has 14 heteroatoms. The molecule has 5 atom stereocenters. The third-order valence-corrected chi connectivity index (χ3v) is 8.80. The van der Waals surface area contributed by atoms with Gasteiger partial charge in [0, 0.05) is 36.5 Å². The first-order chi connectivity index (χ1) is 20.5. The van der Waals surface area contributed by atoms with Gasteiger partial charge in [0.15, 0.2) is 11.4 Å². The molecule has 2 fully saturated rings. The molecule has 5 rings (SSSR count). The van der Waals surface area contributed by atoms with Gasteiger partial charge in [0.1, 0.15) is 12.4 Å². The molecule has 0 unspecified atom stereocenters. The van der Waals surface area contributed by atoms with Crippen molar-refractivity contribution in [1.29, 1.82) is 0 Å². The number of benzene rings is 2. The number of aromatic nitrogens is 3. The number of aryl methyl sites for hydroxylation is 1. The number of alkyl halides is 3. The zero-order valence-electron chi connectivity index (χ0n) is 23.5. The van der Waals surface area contributed by atoms with E-state index in [1.54, 1.807) is 30.6 Å². The predicted octanol–water partition coefficient (Wildman–Crippen LogP) is 4.38. The van der Waals surface area contributed by atoms with Crippen LogP contribution < -0.4 is 5.32 Å². The summed E-state index contributed by atoms with van der Waals surface area (Å²) in [6.45, 7) is 1.87. The Morgan fingerprint density at radius 3 is 2.42 bits per heavy atom. The lowest BCUT2D eigenvalue weighted by molar-refractivity contribution is -0.268. The molecule has 1 aromatic heterocycles. The van der Waals surface area contributed by atoms with Crippen LogP contribution in [0.5, 0.6) is 0 Å². The molecule has 43 heavy (non-hydrogen) atoms. The number of likely N-dealkylation sites (tertiary alicyclic amines) is 1. The number of aliphatic hydroxyl groups excluding tert-OH is 1. The smallest absolute Gasteiger partial charge is 0.392 e. The second kappa shape index (κ2) is 13.0. The van der Waals surface area contributed by atoms with Gasteiger partial charge in [0.2, 0.25) is 5.91 Å². The summed E-state index contributed by atoms with van der Waals surface area (Å²) in [7, 11) is 1.86. The summed E-state index contributed by atoms with van der Waals surface area (Å²) < 4.78 is 53.6. The number of amides is 2. The minimum absolute atomic E-state index is 0.0377. The van der Waals surface area contributed by atoms with Crippen molar-refractivity contribution in [2.75, 3.05) is 17.6 Å². The van der Waals surface area contributed by atoms with E-state index in [0.717, 1.165) is 16.3 Å². The van der Waals surface area contributed by atoms with Crippen molar-refractivity contribution in [3.05, 3.63) is 71.5 Å². The zero-order chi connectivity index (χ0) is 30.7. The van der Waals surface area contributed by atoms with E-state index in [0.29, 0.717) is 28.3 Å². The SMILES string of the molecule is C[C@@H]1[C@H](CSc2nncn2C)O[C@H](c2ccc(NC(=O)[C@@H]3CCCN3C(=O)C(F)(F)F)cc2)O[C@@H]1c1ccc(CO)cc1. The number of anilines is 1. The quantitative estimate of drug-likeness (QED) is 0.357. The highest BCUT2D eigenvalue weighted by molar-refractivity contribution is 7.99. The first-order valence-electron chi connectivity index (χ1n) is 13.8. The van der Waals surface area contributed by atoms with Crippen molar-refractivity contribution in [2.24, 2.45) is 13.0 Å². The molecular formula is C29H32F3N5O5S. The summed E-state index contributed by atoms with van der Waals surface area (Å²) in [4.78, 5) is 25.2. The Morgan fingerprint density at radius 1 is 1.09 bits per heavy atom. The molecular weight excluding hydrogens is 587 g/mol. The maximum absolute atomic E-state index is 13.0. The third kappa shape index (κ3) is 7.03. The number of hydrogen-bond donors (Lipinski definition) is 2. The fourth-order valence-electron chi connectivity index (χ4n) is 5.26. The highest BCUT2D eigenvalue weighted by atomic mass is 32.2. The van der Waals surface area contributed by atoms with Gasteiger partial charge >= 0.3 is 12.1 Å². The van der Waals surface area contributed by atoms with Crippen molar-refractivity contribution >= 4 is 29.3 Å². The van der Waals surface area contributed by atoms with Crippen molar-refractivity contribution < 1.29 is 37.3 Å².